The maximum atomic E-state index is 11.9. The van der Waals surface area contributed by atoms with Gasteiger partial charge in [-0.1, -0.05) is 19.9 Å². The molecule has 1 aliphatic carbocycles. The van der Waals surface area contributed by atoms with Crippen LogP contribution in [0, 0.1) is 5.92 Å². The zero-order valence-corrected chi connectivity index (χ0v) is 12.4. The summed E-state index contributed by atoms with van der Waals surface area (Å²) in [6.45, 7) is 4.45. The maximum Gasteiger partial charge on any atom is 0.338 e. The smallest absolute Gasteiger partial charge is 0.338 e. The molecule has 0 heterocycles. The van der Waals surface area contributed by atoms with E-state index in [9.17, 15) is 9.59 Å². The molecule has 0 atom stereocenters. The van der Waals surface area contributed by atoms with E-state index in [4.69, 9.17) is 9.47 Å². The van der Waals surface area contributed by atoms with Crippen LogP contribution in [-0.2, 0) is 9.53 Å². The van der Waals surface area contributed by atoms with Crippen LogP contribution in [0.15, 0.2) is 24.3 Å². The van der Waals surface area contributed by atoms with E-state index in [2.05, 4.69) is 19.2 Å². The van der Waals surface area contributed by atoms with Gasteiger partial charge in [0.1, 0.15) is 5.75 Å². The summed E-state index contributed by atoms with van der Waals surface area (Å²) in [6.07, 6.45) is 2.02. The summed E-state index contributed by atoms with van der Waals surface area (Å²) in [5.41, 5.74) is 0.385. The van der Waals surface area contributed by atoms with Gasteiger partial charge in [-0.05, 0) is 37.0 Å². The van der Waals surface area contributed by atoms with E-state index in [0.717, 1.165) is 12.8 Å². The van der Waals surface area contributed by atoms with Crippen molar-refractivity contribution in [3.63, 3.8) is 0 Å². The second-order valence-electron chi connectivity index (χ2n) is 5.65. The minimum Gasteiger partial charge on any atom is -0.493 e. The molecule has 0 saturated heterocycles. The molecule has 5 heteroatoms. The lowest BCUT2D eigenvalue weighted by Gasteiger charge is -2.10. The number of ether oxygens (including phenoxy) is 2. The molecule has 21 heavy (non-hydrogen) atoms. The third kappa shape index (κ3) is 5.45. The zero-order chi connectivity index (χ0) is 15.2. The number of rotatable bonds is 7. The van der Waals surface area contributed by atoms with Crippen molar-refractivity contribution in [2.24, 2.45) is 5.92 Å². The van der Waals surface area contributed by atoms with Crippen LogP contribution < -0.4 is 10.1 Å². The summed E-state index contributed by atoms with van der Waals surface area (Å²) in [7, 11) is 0. The summed E-state index contributed by atoms with van der Waals surface area (Å²) in [5.74, 6) is 0.265. The number of hydrogen-bond donors (Lipinski definition) is 1. The topological polar surface area (TPSA) is 64.6 Å². The predicted molar refractivity (Wildman–Crippen MR) is 78.2 cm³/mol. The zero-order valence-electron chi connectivity index (χ0n) is 12.4. The highest BCUT2D eigenvalue weighted by Gasteiger charge is 2.23. The molecule has 1 saturated carbocycles. The van der Waals surface area contributed by atoms with E-state index < -0.39 is 5.97 Å². The molecule has 0 spiro atoms. The van der Waals surface area contributed by atoms with E-state index in [-0.39, 0.29) is 18.6 Å². The van der Waals surface area contributed by atoms with Crippen molar-refractivity contribution >= 4 is 11.9 Å². The number of carbonyl (C=O) groups is 2. The van der Waals surface area contributed by atoms with Crippen molar-refractivity contribution in [1.29, 1.82) is 0 Å². The molecule has 1 fully saturated rings. The molecule has 0 radical (unpaired) electrons. The molecule has 1 aromatic carbocycles. The lowest BCUT2D eigenvalue weighted by Crippen LogP contribution is -2.30. The van der Waals surface area contributed by atoms with Crippen molar-refractivity contribution < 1.29 is 19.1 Å². The Morgan fingerprint density at radius 2 is 2.10 bits per heavy atom. The van der Waals surface area contributed by atoms with Gasteiger partial charge in [0.15, 0.2) is 6.61 Å². The fraction of sp³-hybridized carbons (Fsp3) is 0.500. The molecule has 5 nitrogen and oxygen atoms in total. The molecular formula is C16H21NO4. The minimum atomic E-state index is -0.518. The van der Waals surface area contributed by atoms with Gasteiger partial charge in [-0.15, -0.1) is 0 Å². The third-order valence-corrected chi connectivity index (χ3v) is 2.93. The third-order valence-electron chi connectivity index (χ3n) is 2.93. The second-order valence-corrected chi connectivity index (χ2v) is 5.65. The van der Waals surface area contributed by atoms with Crippen molar-refractivity contribution in [2.45, 2.75) is 32.7 Å². The van der Waals surface area contributed by atoms with Gasteiger partial charge in [0.2, 0.25) is 0 Å². The van der Waals surface area contributed by atoms with Crippen LogP contribution in [0.3, 0.4) is 0 Å². The van der Waals surface area contributed by atoms with Gasteiger partial charge in [-0.25, -0.2) is 4.79 Å². The van der Waals surface area contributed by atoms with E-state index in [1.54, 1.807) is 24.3 Å². The minimum absolute atomic E-state index is 0.244. The highest BCUT2D eigenvalue weighted by atomic mass is 16.5. The van der Waals surface area contributed by atoms with Crippen molar-refractivity contribution in [3.8, 4) is 5.75 Å². The van der Waals surface area contributed by atoms with Crippen LogP contribution in [0.1, 0.15) is 37.0 Å². The van der Waals surface area contributed by atoms with E-state index >= 15 is 0 Å². The van der Waals surface area contributed by atoms with Crippen LogP contribution in [0.2, 0.25) is 0 Å². The van der Waals surface area contributed by atoms with Crippen LogP contribution >= 0.6 is 0 Å². The summed E-state index contributed by atoms with van der Waals surface area (Å²) in [4.78, 5) is 23.3. The monoisotopic (exact) mass is 291 g/mol. The summed E-state index contributed by atoms with van der Waals surface area (Å²) in [6, 6.07) is 7.06. The Balaban J connectivity index is 1.83. The summed E-state index contributed by atoms with van der Waals surface area (Å²) >= 11 is 0. The first kappa shape index (κ1) is 15.4. The first-order valence-corrected chi connectivity index (χ1v) is 7.24. The number of hydrogen-bond acceptors (Lipinski definition) is 4. The number of nitrogens with one attached hydrogen (secondary N) is 1. The lowest BCUT2D eigenvalue weighted by molar-refractivity contribution is -0.124. The van der Waals surface area contributed by atoms with Crippen LogP contribution in [-0.4, -0.2) is 31.1 Å². The van der Waals surface area contributed by atoms with Crippen LogP contribution in [0.4, 0.5) is 0 Å². The van der Waals surface area contributed by atoms with Crippen molar-refractivity contribution in [3.05, 3.63) is 29.8 Å². The number of esters is 1. The van der Waals surface area contributed by atoms with Gasteiger partial charge in [0.25, 0.3) is 5.91 Å². The van der Waals surface area contributed by atoms with E-state index in [0.29, 0.717) is 23.8 Å². The fourth-order valence-corrected chi connectivity index (χ4v) is 1.69. The molecule has 1 N–H and O–H groups in total. The van der Waals surface area contributed by atoms with Gasteiger partial charge < -0.3 is 14.8 Å². The normalized spacial score (nSPS) is 13.9. The highest BCUT2D eigenvalue weighted by molar-refractivity contribution is 5.91. The molecule has 1 aromatic rings. The standard InChI is InChI=1S/C16H21NO4/c1-11(2)9-20-14-5-3-4-12(8-14)16(19)21-10-15(18)17-13-6-7-13/h3-5,8,11,13H,6-7,9-10H2,1-2H3,(H,17,18). The molecule has 2 rings (SSSR count). The van der Waals surface area contributed by atoms with Gasteiger partial charge in [0, 0.05) is 6.04 Å². The summed E-state index contributed by atoms with van der Waals surface area (Å²) < 4.78 is 10.6. The van der Waals surface area contributed by atoms with Crippen LogP contribution in [0.5, 0.6) is 5.75 Å². The van der Waals surface area contributed by atoms with E-state index in [1.807, 2.05) is 0 Å². The Morgan fingerprint density at radius 3 is 2.76 bits per heavy atom. The maximum absolute atomic E-state index is 11.9. The molecule has 0 bridgehead atoms. The lowest BCUT2D eigenvalue weighted by atomic mass is 10.2. The highest BCUT2D eigenvalue weighted by Crippen LogP contribution is 2.18. The molecule has 0 aromatic heterocycles. The number of benzene rings is 1. The molecule has 114 valence electrons. The molecule has 0 aliphatic heterocycles. The summed E-state index contributed by atoms with van der Waals surface area (Å²) in [5, 5.41) is 2.76. The predicted octanol–water partition coefficient (Wildman–Crippen LogP) is 2.16. The Kier molecular flexibility index (Phi) is 5.20. The molecule has 1 amide bonds. The van der Waals surface area contributed by atoms with Crippen LogP contribution in [0.25, 0.3) is 0 Å². The molecular weight excluding hydrogens is 270 g/mol. The van der Waals surface area contributed by atoms with E-state index in [1.165, 1.54) is 0 Å². The Morgan fingerprint density at radius 1 is 1.33 bits per heavy atom. The molecule has 0 unspecified atom stereocenters. The Hall–Kier alpha value is -2.04. The average molecular weight is 291 g/mol. The van der Waals surface area contributed by atoms with Gasteiger partial charge >= 0.3 is 5.97 Å². The Bertz CT molecular complexity index is 509. The average Bonchev–Trinajstić information content (AvgIpc) is 3.26. The van der Waals surface area contributed by atoms with Crippen molar-refractivity contribution in [2.75, 3.05) is 13.2 Å². The fourth-order valence-electron chi connectivity index (χ4n) is 1.69. The number of carbonyl (C=O) groups excluding carboxylic acids is 2. The SMILES string of the molecule is CC(C)COc1cccc(C(=O)OCC(=O)NC2CC2)c1. The van der Waals surface area contributed by atoms with Gasteiger partial charge in [-0.3, -0.25) is 4.79 Å². The quantitative estimate of drug-likeness (QED) is 0.782. The van der Waals surface area contributed by atoms with Gasteiger partial charge in [0.05, 0.1) is 12.2 Å². The van der Waals surface area contributed by atoms with Gasteiger partial charge in [-0.2, -0.15) is 0 Å². The largest absolute Gasteiger partial charge is 0.493 e. The number of amides is 1. The second kappa shape index (κ2) is 7.11. The molecule has 1 aliphatic rings. The first-order valence-electron chi connectivity index (χ1n) is 7.24. The first-order chi connectivity index (χ1) is 10.0. The Labute approximate surface area is 124 Å². The van der Waals surface area contributed by atoms with Crippen molar-refractivity contribution in [1.82, 2.24) is 5.32 Å².